The molecule has 0 aliphatic carbocycles. The van der Waals surface area contributed by atoms with Crippen molar-refractivity contribution in [2.24, 2.45) is 11.8 Å². The quantitative estimate of drug-likeness (QED) is 0.932. The van der Waals surface area contributed by atoms with Gasteiger partial charge in [0, 0.05) is 24.7 Å². The number of alkyl halides is 3. The zero-order valence-corrected chi connectivity index (χ0v) is 11.2. The molecule has 1 unspecified atom stereocenters. The minimum absolute atomic E-state index is 0.0764. The summed E-state index contributed by atoms with van der Waals surface area (Å²) >= 11 is 0. The van der Waals surface area contributed by atoms with E-state index >= 15 is 0 Å². The van der Waals surface area contributed by atoms with Gasteiger partial charge in [-0.1, -0.05) is 6.92 Å². The van der Waals surface area contributed by atoms with Crippen LogP contribution < -0.4 is 4.90 Å². The van der Waals surface area contributed by atoms with Crippen LogP contribution in [0.15, 0.2) is 18.2 Å². The number of carboxylic acids is 1. The standard InChI is InChI=1S/C14H13F3N2O2/c1-8(13(20)21)10-6-19(7-10)11-3-2-9(5-18)12(4-11)14(15,16)17/h2-4,8,10H,6-7H2,1H3,(H,20,21). The van der Waals surface area contributed by atoms with Gasteiger partial charge in [-0.05, 0) is 18.2 Å². The number of hydrogen-bond acceptors (Lipinski definition) is 3. The van der Waals surface area contributed by atoms with Crippen molar-refractivity contribution in [1.29, 1.82) is 5.26 Å². The predicted octanol–water partition coefficient (Wildman–Crippen LogP) is 2.73. The van der Waals surface area contributed by atoms with E-state index in [1.807, 2.05) is 0 Å². The molecule has 1 aromatic rings. The molecule has 0 amide bonds. The minimum Gasteiger partial charge on any atom is -0.481 e. The largest absolute Gasteiger partial charge is 0.481 e. The Hall–Kier alpha value is -2.23. The molecule has 112 valence electrons. The summed E-state index contributed by atoms with van der Waals surface area (Å²) in [5.41, 5.74) is -1.02. The molecule has 2 rings (SSSR count). The number of nitrogens with zero attached hydrogens (tertiary/aromatic N) is 2. The number of carboxylic acid groups (broad SMARTS) is 1. The molecule has 1 atom stereocenters. The second kappa shape index (κ2) is 5.28. The van der Waals surface area contributed by atoms with Crippen LogP contribution in [0.25, 0.3) is 0 Å². The number of nitriles is 1. The zero-order chi connectivity index (χ0) is 15.8. The fourth-order valence-corrected chi connectivity index (χ4v) is 2.30. The van der Waals surface area contributed by atoms with Crippen molar-refractivity contribution in [3.05, 3.63) is 29.3 Å². The highest BCUT2D eigenvalue weighted by Crippen LogP contribution is 2.36. The van der Waals surface area contributed by atoms with Gasteiger partial charge in [0.25, 0.3) is 0 Å². The summed E-state index contributed by atoms with van der Waals surface area (Å²) in [5.74, 6) is -1.51. The Morgan fingerprint density at radius 1 is 1.48 bits per heavy atom. The number of carbonyl (C=O) groups is 1. The fraction of sp³-hybridized carbons (Fsp3) is 0.429. The molecule has 21 heavy (non-hydrogen) atoms. The highest BCUT2D eigenvalue weighted by atomic mass is 19.4. The molecule has 0 aromatic heterocycles. The van der Waals surface area contributed by atoms with Crippen molar-refractivity contribution < 1.29 is 23.1 Å². The number of aliphatic carboxylic acids is 1. The van der Waals surface area contributed by atoms with Crippen LogP contribution in [0, 0.1) is 23.2 Å². The predicted molar refractivity (Wildman–Crippen MR) is 68.7 cm³/mol. The van der Waals surface area contributed by atoms with Gasteiger partial charge in [0.15, 0.2) is 0 Å². The molecule has 1 aromatic carbocycles. The smallest absolute Gasteiger partial charge is 0.417 e. The molecule has 0 bridgehead atoms. The molecule has 1 aliphatic rings. The monoisotopic (exact) mass is 298 g/mol. The normalized spacial score (nSPS) is 17.0. The zero-order valence-electron chi connectivity index (χ0n) is 11.2. The molecule has 7 heteroatoms. The third-order valence-electron chi connectivity index (χ3n) is 3.80. The van der Waals surface area contributed by atoms with Crippen molar-refractivity contribution in [2.45, 2.75) is 13.1 Å². The lowest BCUT2D eigenvalue weighted by atomic mass is 9.86. The van der Waals surface area contributed by atoms with Gasteiger partial charge in [0.05, 0.1) is 23.1 Å². The average Bonchev–Trinajstić information content (AvgIpc) is 2.35. The first-order chi connectivity index (χ1) is 9.74. The molecule has 1 heterocycles. The maximum Gasteiger partial charge on any atom is 0.417 e. The van der Waals surface area contributed by atoms with Crippen molar-refractivity contribution in [1.82, 2.24) is 0 Å². The lowest BCUT2D eigenvalue weighted by Crippen LogP contribution is -2.51. The molecule has 1 saturated heterocycles. The first-order valence-electron chi connectivity index (χ1n) is 6.33. The Kier molecular flexibility index (Phi) is 3.81. The number of hydrogen-bond donors (Lipinski definition) is 1. The van der Waals surface area contributed by atoms with Crippen molar-refractivity contribution in [3.8, 4) is 6.07 Å². The Morgan fingerprint density at radius 2 is 2.10 bits per heavy atom. The molecular formula is C14H13F3N2O2. The maximum absolute atomic E-state index is 12.9. The maximum atomic E-state index is 12.9. The lowest BCUT2D eigenvalue weighted by molar-refractivity contribution is -0.143. The molecule has 1 aliphatic heterocycles. The number of halogens is 3. The van der Waals surface area contributed by atoms with E-state index in [-0.39, 0.29) is 5.92 Å². The van der Waals surface area contributed by atoms with Gasteiger partial charge in [-0.25, -0.2) is 0 Å². The summed E-state index contributed by atoms with van der Waals surface area (Å²) < 4.78 is 38.6. The molecule has 4 nitrogen and oxygen atoms in total. The van der Waals surface area contributed by atoms with Gasteiger partial charge in [-0.3, -0.25) is 4.79 Å². The van der Waals surface area contributed by atoms with Crippen LogP contribution in [-0.4, -0.2) is 24.2 Å². The third kappa shape index (κ3) is 2.94. The molecule has 0 saturated carbocycles. The number of benzene rings is 1. The molecular weight excluding hydrogens is 285 g/mol. The second-order valence-corrected chi connectivity index (χ2v) is 5.13. The van der Waals surface area contributed by atoms with Gasteiger partial charge in [0.1, 0.15) is 0 Å². The van der Waals surface area contributed by atoms with E-state index in [4.69, 9.17) is 10.4 Å². The summed E-state index contributed by atoms with van der Waals surface area (Å²) in [6.45, 7) is 2.39. The molecule has 1 N–H and O–H groups in total. The summed E-state index contributed by atoms with van der Waals surface area (Å²) in [7, 11) is 0. The Bertz CT molecular complexity index is 601. The summed E-state index contributed by atoms with van der Waals surface area (Å²) in [6, 6.07) is 5.07. The Labute approximate surface area is 119 Å². The average molecular weight is 298 g/mol. The van der Waals surface area contributed by atoms with E-state index in [2.05, 4.69) is 0 Å². The van der Waals surface area contributed by atoms with E-state index in [1.54, 1.807) is 11.8 Å². The van der Waals surface area contributed by atoms with Gasteiger partial charge in [0.2, 0.25) is 0 Å². The topological polar surface area (TPSA) is 64.3 Å². The minimum atomic E-state index is -4.58. The number of rotatable bonds is 3. The first kappa shape index (κ1) is 15.2. The van der Waals surface area contributed by atoms with Gasteiger partial charge in [-0.15, -0.1) is 0 Å². The highest BCUT2D eigenvalue weighted by Gasteiger charge is 2.37. The third-order valence-corrected chi connectivity index (χ3v) is 3.80. The number of anilines is 1. The summed E-state index contributed by atoms with van der Waals surface area (Å²) in [5, 5.41) is 17.6. The highest BCUT2D eigenvalue weighted by molar-refractivity contribution is 5.70. The molecule has 0 spiro atoms. The van der Waals surface area contributed by atoms with E-state index in [9.17, 15) is 18.0 Å². The SMILES string of the molecule is CC(C(=O)O)C1CN(c2ccc(C#N)c(C(F)(F)F)c2)C1. The van der Waals surface area contributed by atoms with E-state index in [1.165, 1.54) is 12.1 Å². The first-order valence-corrected chi connectivity index (χ1v) is 6.33. The van der Waals surface area contributed by atoms with Crippen molar-refractivity contribution >= 4 is 11.7 Å². The Morgan fingerprint density at radius 3 is 2.57 bits per heavy atom. The van der Waals surface area contributed by atoms with E-state index in [0.29, 0.717) is 18.8 Å². The van der Waals surface area contributed by atoms with Crippen LogP contribution in [0.1, 0.15) is 18.1 Å². The van der Waals surface area contributed by atoms with Crippen LogP contribution in [-0.2, 0) is 11.0 Å². The van der Waals surface area contributed by atoms with Crippen LogP contribution >= 0.6 is 0 Å². The summed E-state index contributed by atoms with van der Waals surface area (Å²) in [4.78, 5) is 12.5. The van der Waals surface area contributed by atoms with Gasteiger partial charge >= 0.3 is 12.1 Å². The molecule has 0 radical (unpaired) electrons. The lowest BCUT2D eigenvalue weighted by Gasteiger charge is -2.43. The van der Waals surface area contributed by atoms with E-state index < -0.39 is 29.2 Å². The van der Waals surface area contributed by atoms with Crippen molar-refractivity contribution in [3.63, 3.8) is 0 Å². The van der Waals surface area contributed by atoms with Gasteiger partial charge in [-0.2, -0.15) is 18.4 Å². The van der Waals surface area contributed by atoms with Crippen LogP contribution in [0.4, 0.5) is 18.9 Å². The fourth-order valence-electron chi connectivity index (χ4n) is 2.30. The molecule has 1 fully saturated rings. The van der Waals surface area contributed by atoms with Crippen LogP contribution in [0.5, 0.6) is 0 Å². The Balaban J connectivity index is 2.17. The summed E-state index contributed by atoms with van der Waals surface area (Å²) in [6.07, 6.45) is -4.58. The van der Waals surface area contributed by atoms with Gasteiger partial charge < -0.3 is 10.0 Å². The van der Waals surface area contributed by atoms with Crippen LogP contribution in [0.2, 0.25) is 0 Å². The van der Waals surface area contributed by atoms with Crippen molar-refractivity contribution in [2.75, 3.05) is 18.0 Å². The van der Waals surface area contributed by atoms with E-state index in [0.717, 1.165) is 12.1 Å². The second-order valence-electron chi connectivity index (χ2n) is 5.13. The van der Waals surface area contributed by atoms with Crippen LogP contribution in [0.3, 0.4) is 0 Å².